The Bertz CT molecular complexity index is 506. The van der Waals surface area contributed by atoms with Gasteiger partial charge in [-0.15, -0.1) is 5.10 Å². The van der Waals surface area contributed by atoms with E-state index in [0.29, 0.717) is 6.54 Å². The first-order valence-corrected chi connectivity index (χ1v) is 6.93. The van der Waals surface area contributed by atoms with E-state index in [4.69, 9.17) is 0 Å². The van der Waals surface area contributed by atoms with Gasteiger partial charge in [0.2, 0.25) is 0 Å². The number of nitrogens with one attached hydrogen (secondary N) is 1. The van der Waals surface area contributed by atoms with Crippen LogP contribution in [0.25, 0.3) is 5.69 Å². The molecule has 0 saturated carbocycles. The Morgan fingerprint density at radius 3 is 2.79 bits per heavy atom. The highest BCUT2D eigenvalue weighted by Crippen LogP contribution is 2.16. The van der Waals surface area contributed by atoms with Crippen molar-refractivity contribution in [2.45, 2.75) is 39.7 Å². The quantitative estimate of drug-likeness (QED) is 0.774. The van der Waals surface area contributed by atoms with Crippen LogP contribution in [0, 0.1) is 0 Å². The van der Waals surface area contributed by atoms with Crippen LogP contribution < -0.4 is 5.32 Å². The Hall–Kier alpha value is -1.75. The molecule has 5 heteroatoms. The number of hydrogen-bond acceptors (Lipinski definition) is 4. The van der Waals surface area contributed by atoms with Crippen LogP contribution in [0.15, 0.2) is 24.3 Å². The predicted octanol–water partition coefficient (Wildman–Crippen LogP) is 2.11. The van der Waals surface area contributed by atoms with Gasteiger partial charge in [0.25, 0.3) is 0 Å². The summed E-state index contributed by atoms with van der Waals surface area (Å²) in [5, 5.41) is 15.4. The highest BCUT2D eigenvalue weighted by Gasteiger charge is 2.10. The molecule has 0 spiro atoms. The van der Waals surface area contributed by atoms with E-state index in [1.807, 2.05) is 10.7 Å². The molecule has 0 aliphatic carbocycles. The first-order valence-electron chi connectivity index (χ1n) is 6.93. The fourth-order valence-electron chi connectivity index (χ4n) is 2.08. The molecule has 0 saturated heterocycles. The van der Waals surface area contributed by atoms with Crippen molar-refractivity contribution in [1.29, 1.82) is 0 Å². The van der Waals surface area contributed by atoms with E-state index in [0.717, 1.165) is 37.3 Å². The summed E-state index contributed by atoms with van der Waals surface area (Å²) >= 11 is 0. The van der Waals surface area contributed by atoms with Gasteiger partial charge < -0.3 is 5.32 Å². The highest BCUT2D eigenvalue weighted by molar-refractivity contribution is 5.40. The zero-order valence-corrected chi connectivity index (χ0v) is 11.6. The number of tetrazole rings is 1. The third kappa shape index (κ3) is 3.38. The monoisotopic (exact) mass is 259 g/mol. The van der Waals surface area contributed by atoms with Gasteiger partial charge in [-0.1, -0.05) is 38.5 Å². The SMILES string of the molecule is CCCNCc1nnnn1-c1ccccc1CCC. The smallest absolute Gasteiger partial charge is 0.170 e. The number of aryl methyl sites for hydroxylation is 1. The zero-order chi connectivity index (χ0) is 13.5. The summed E-state index contributed by atoms with van der Waals surface area (Å²) in [4.78, 5) is 0. The number of hydrogen-bond donors (Lipinski definition) is 1. The molecule has 0 amide bonds. The number of nitrogens with zero attached hydrogens (tertiary/aromatic N) is 4. The largest absolute Gasteiger partial charge is 0.310 e. The van der Waals surface area contributed by atoms with Gasteiger partial charge in [0.1, 0.15) is 0 Å². The van der Waals surface area contributed by atoms with Crippen LogP contribution in [0.5, 0.6) is 0 Å². The Morgan fingerprint density at radius 1 is 1.16 bits per heavy atom. The summed E-state index contributed by atoms with van der Waals surface area (Å²) in [5.74, 6) is 0.858. The maximum Gasteiger partial charge on any atom is 0.170 e. The standard InChI is InChI=1S/C14H21N5/c1-3-7-12-8-5-6-9-13(12)19-14(16-17-18-19)11-15-10-4-2/h5-6,8-9,15H,3-4,7,10-11H2,1-2H3. The molecule has 5 nitrogen and oxygen atoms in total. The van der Waals surface area contributed by atoms with Crippen molar-refractivity contribution in [1.82, 2.24) is 25.5 Å². The van der Waals surface area contributed by atoms with E-state index in [1.54, 1.807) is 0 Å². The molecule has 1 N–H and O–H groups in total. The summed E-state index contributed by atoms with van der Waals surface area (Å²) < 4.78 is 1.84. The van der Waals surface area contributed by atoms with Crippen molar-refractivity contribution in [3.8, 4) is 5.69 Å². The Labute approximate surface area is 114 Å². The van der Waals surface area contributed by atoms with E-state index in [9.17, 15) is 0 Å². The summed E-state index contributed by atoms with van der Waals surface area (Å²) in [7, 11) is 0. The van der Waals surface area contributed by atoms with Crippen LogP contribution >= 0.6 is 0 Å². The molecular weight excluding hydrogens is 238 g/mol. The van der Waals surface area contributed by atoms with Crippen LogP contribution in [-0.2, 0) is 13.0 Å². The van der Waals surface area contributed by atoms with Gasteiger partial charge in [-0.05, 0) is 41.4 Å². The van der Waals surface area contributed by atoms with Gasteiger partial charge in [-0.3, -0.25) is 0 Å². The number of para-hydroxylation sites is 1. The van der Waals surface area contributed by atoms with Crippen LogP contribution in [-0.4, -0.2) is 26.8 Å². The summed E-state index contributed by atoms with van der Waals surface area (Å²) in [6.07, 6.45) is 3.26. The fourth-order valence-corrected chi connectivity index (χ4v) is 2.08. The molecule has 0 aliphatic rings. The first-order chi connectivity index (χ1) is 9.36. The molecule has 102 valence electrons. The van der Waals surface area contributed by atoms with Gasteiger partial charge in [0, 0.05) is 0 Å². The molecule has 1 aromatic carbocycles. The van der Waals surface area contributed by atoms with Gasteiger partial charge in [-0.25, -0.2) is 0 Å². The minimum absolute atomic E-state index is 0.696. The van der Waals surface area contributed by atoms with Gasteiger partial charge in [-0.2, -0.15) is 4.68 Å². The molecular formula is C14H21N5. The molecule has 0 fully saturated rings. The van der Waals surface area contributed by atoms with Gasteiger partial charge in [0.05, 0.1) is 12.2 Å². The second-order valence-corrected chi connectivity index (χ2v) is 4.56. The minimum Gasteiger partial charge on any atom is -0.310 e. The van der Waals surface area contributed by atoms with E-state index in [1.165, 1.54) is 5.56 Å². The highest BCUT2D eigenvalue weighted by atomic mass is 15.5. The van der Waals surface area contributed by atoms with E-state index < -0.39 is 0 Å². The summed E-state index contributed by atoms with van der Waals surface area (Å²) in [6, 6.07) is 8.31. The molecule has 1 aromatic heterocycles. The molecule has 0 aliphatic heterocycles. The number of benzene rings is 1. The van der Waals surface area contributed by atoms with Crippen LogP contribution in [0.3, 0.4) is 0 Å². The van der Waals surface area contributed by atoms with Gasteiger partial charge >= 0.3 is 0 Å². The van der Waals surface area contributed by atoms with Crippen LogP contribution in [0.1, 0.15) is 38.1 Å². The lowest BCUT2D eigenvalue weighted by Crippen LogP contribution is -2.18. The van der Waals surface area contributed by atoms with E-state index in [-0.39, 0.29) is 0 Å². The maximum absolute atomic E-state index is 4.12. The average molecular weight is 259 g/mol. The van der Waals surface area contributed by atoms with Crippen molar-refractivity contribution in [2.24, 2.45) is 0 Å². The average Bonchev–Trinajstić information content (AvgIpc) is 2.88. The topological polar surface area (TPSA) is 55.6 Å². The van der Waals surface area contributed by atoms with Crippen LogP contribution in [0.4, 0.5) is 0 Å². The van der Waals surface area contributed by atoms with Crippen molar-refractivity contribution >= 4 is 0 Å². The molecule has 0 radical (unpaired) electrons. The maximum atomic E-state index is 4.12. The normalized spacial score (nSPS) is 10.8. The minimum atomic E-state index is 0.696. The second-order valence-electron chi connectivity index (χ2n) is 4.56. The molecule has 0 unspecified atom stereocenters. The molecule has 0 bridgehead atoms. The first kappa shape index (κ1) is 13.7. The lowest BCUT2D eigenvalue weighted by atomic mass is 10.1. The third-order valence-corrected chi connectivity index (χ3v) is 2.98. The zero-order valence-electron chi connectivity index (χ0n) is 11.6. The number of rotatable bonds is 7. The fraction of sp³-hybridized carbons (Fsp3) is 0.500. The second kappa shape index (κ2) is 6.99. The van der Waals surface area contributed by atoms with Crippen molar-refractivity contribution in [3.63, 3.8) is 0 Å². The van der Waals surface area contributed by atoms with Crippen LogP contribution in [0.2, 0.25) is 0 Å². The molecule has 0 atom stereocenters. The third-order valence-electron chi connectivity index (χ3n) is 2.98. The lowest BCUT2D eigenvalue weighted by Gasteiger charge is -2.10. The summed E-state index contributed by atoms with van der Waals surface area (Å²) in [6.45, 7) is 6.00. The number of aromatic nitrogens is 4. The van der Waals surface area contributed by atoms with Crippen molar-refractivity contribution < 1.29 is 0 Å². The molecule has 2 rings (SSSR count). The molecule has 19 heavy (non-hydrogen) atoms. The van der Waals surface area contributed by atoms with Gasteiger partial charge in [0.15, 0.2) is 5.82 Å². The van der Waals surface area contributed by atoms with Crippen molar-refractivity contribution in [3.05, 3.63) is 35.7 Å². The Morgan fingerprint density at radius 2 is 2.00 bits per heavy atom. The molecule has 1 heterocycles. The van der Waals surface area contributed by atoms with E-state index in [2.05, 4.69) is 52.9 Å². The Kier molecular flexibility index (Phi) is 5.03. The van der Waals surface area contributed by atoms with E-state index >= 15 is 0 Å². The summed E-state index contributed by atoms with van der Waals surface area (Å²) in [5.41, 5.74) is 2.37. The molecule has 2 aromatic rings. The Balaban J connectivity index is 2.24. The van der Waals surface area contributed by atoms with Crippen molar-refractivity contribution in [2.75, 3.05) is 6.54 Å². The lowest BCUT2D eigenvalue weighted by molar-refractivity contribution is 0.631. The predicted molar refractivity (Wildman–Crippen MR) is 75.1 cm³/mol.